The Bertz CT molecular complexity index is 627. The number of H-pyrrole nitrogens is 2. The predicted molar refractivity (Wildman–Crippen MR) is 78.9 cm³/mol. The fraction of sp³-hybridized carbons (Fsp3) is 0.533. The molecular weight excluding hydrogens is 254 g/mol. The third-order valence-corrected chi connectivity index (χ3v) is 3.79. The first kappa shape index (κ1) is 13.4. The molecule has 1 aromatic heterocycles. The number of hydrogen-bond acceptors (Lipinski definition) is 3. The minimum Gasteiger partial charge on any atom is -0.380 e. The molecule has 0 amide bonds. The third kappa shape index (κ3) is 3.29. The van der Waals surface area contributed by atoms with Gasteiger partial charge in [-0.1, -0.05) is 6.07 Å². The molecule has 5 nitrogen and oxygen atoms in total. The minimum atomic E-state index is -0.161. The maximum Gasteiger partial charge on any atom is 0.323 e. The largest absolute Gasteiger partial charge is 0.380 e. The van der Waals surface area contributed by atoms with Crippen molar-refractivity contribution in [2.75, 3.05) is 19.8 Å². The molecule has 1 aromatic carbocycles. The summed E-state index contributed by atoms with van der Waals surface area (Å²) in [5, 5.41) is 3.44. The third-order valence-electron chi connectivity index (χ3n) is 3.79. The van der Waals surface area contributed by atoms with E-state index in [2.05, 4.69) is 22.2 Å². The van der Waals surface area contributed by atoms with Gasteiger partial charge in [-0.3, -0.25) is 0 Å². The maximum atomic E-state index is 11.2. The van der Waals surface area contributed by atoms with Crippen LogP contribution in [0, 0.1) is 5.92 Å². The van der Waals surface area contributed by atoms with Crippen LogP contribution in [0.1, 0.15) is 31.4 Å². The molecule has 1 fully saturated rings. The first-order valence-corrected chi connectivity index (χ1v) is 7.25. The van der Waals surface area contributed by atoms with Crippen molar-refractivity contribution in [2.24, 2.45) is 5.92 Å². The van der Waals surface area contributed by atoms with Gasteiger partial charge in [-0.2, -0.15) is 0 Å². The first-order chi connectivity index (χ1) is 9.72. The van der Waals surface area contributed by atoms with E-state index in [1.807, 2.05) is 18.2 Å². The highest BCUT2D eigenvalue weighted by Crippen LogP contribution is 2.28. The van der Waals surface area contributed by atoms with Crippen molar-refractivity contribution in [3.05, 3.63) is 34.2 Å². The van der Waals surface area contributed by atoms with Crippen LogP contribution in [0.4, 0.5) is 0 Å². The molecule has 3 rings (SSSR count). The Morgan fingerprint density at radius 3 is 2.95 bits per heavy atom. The average Bonchev–Trinajstić information content (AvgIpc) is 3.17. The van der Waals surface area contributed by atoms with Crippen molar-refractivity contribution in [1.29, 1.82) is 0 Å². The Labute approximate surface area is 117 Å². The normalized spacial score (nSPS) is 16.6. The fourth-order valence-electron chi connectivity index (χ4n) is 2.32. The van der Waals surface area contributed by atoms with E-state index < -0.39 is 0 Å². The second-order valence-corrected chi connectivity index (χ2v) is 5.58. The van der Waals surface area contributed by atoms with E-state index in [-0.39, 0.29) is 11.7 Å². The fourth-order valence-corrected chi connectivity index (χ4v) is 2.32. The Kier molecular flexibility index (Phi) is 3.89. The van der Waals surface area contributed by atoms with Crippen molar-refractivity contribution in [3.63, 3.8) is 0 Å². The summed E-state index contributed by atoms with van der Waals surface area (Å²) in [5.74, 6) is 0.820. The number of nitrogens with one attached hydrogen (secondary N) is 3. The molecule has 0 radical (unpaired) electrons. The Balaban J connectivity index is 1.51. The first-order valence-electron chi connectivity index (χ1n) is 7.25. The summed E-state index contributed by atoms with van der Waals surface area (Å²) in [4.78, 5) is 16.8. The van der Waals surface area contributed by atoms with Crippen LogP contribution < -0.4 is 11.0 Å². The quantitative estimate of drug-likeness (QED) is 0.676. The van der Waals surface area contributed by atoms with E-state index in [1.54, 1.807) is 0 Å². The Morgan fingerprint density at radius 2 is 2.15 bits per heavy atom. The van der Waals surface area contributed by atoms with Gasteiger partial charge in [0.25, 0.3) is 0 Å². The van der Waals surface area contributed by atoms with Crippen LogP contribution in [0.25, 0.3) is 11.0 Å². The van der Waals surface area contributed by atoms with Gasteiger partial charge in [0.15, 0.2) is 0 Å². The summed E-state index contributed by atoms with van der Waals surface area (Å²) in [6, 6.07) is 6.22. The molecule has 1 saturated carbocycles. The predicted octanol–water partition coefficient (Wildman–Crippen LogP) is 1.93. The van der Waals surface area contributed by atoms with Crippen molar-refractivity contribution in [1.82, 2.24) is 15.3 Å². The second kappa shape index (κ2) is 5.81. The lowest BCUT2D eigenvalue weighted by molar-refractivity contribution is 0.124. The molecule has 0 saturated heterocycles. The highest BCUT2D eigenvalue weighted by Gasteiger charge is 2.20. The lowest BCUT2D eigenvalue weighted by atomic mass is 10.1. The van der Waals surface area contributed by atoms with E-state index in [0.717, 1.165) is 42.3 Å². The van der Waals surface area contributed by atoms with Gasteiger partial charge in [0.1, 0.15) is 0 Å². The standard InChI is InChI=1S/C15H21N3O2/c1-10(16-6-7-20-9-11-2-3-11)12-4-5-13-14(8-12)18-15(19)17-13/h4-5,8,10-11,16H,2-3,6-7,9H2,1H3,(H2,17,18,19). The summed E-state index contributed by atoms with van der Waals surface area (Å²) < 4.78 is 5.60. The highest BCUT2D eigenvalue weighted by molar-refractivity contribution is 5.75. The van der Waals surface area contributed by atoms with Gasteiger partial charge in [-0.15, -0.1) is 0 Å². The second-order valence-electron chi connectivity index (χ2n) is 5.58. The summed E-state index contributed by atoms with van der Waals surface area (Å²) in [6.45, 7) is 4.62. The number of aromatic nitrogens is 2. The molecule has 5 heteroatoms. The zero-order valence-corrected chi connectivity index (χ0v) is 11.7. The van der Waals surface area contributed by atoms with Gasteiger partial charge < -0.3 is 20.0 Å². The summed E-state index contributed by atoms with van der Waals surface area (Å²) in [6.07, 6.45) is 2.66. The lowest BCUT2D eigenvalue weighted by Crippen LogP contribution is -2.23. The van der Waals surface area contributed by atoms with Crippen molar-refractivity contribution < 1.29 is 4.74 Å². The molecule has 1 aliphatic rings. The van der Waals surface area contributed by atoms with Crippen molar-refractivity contribution in [2.45, 2.75) is 25.8 Å². The molecule has 1 aliphatic carbocycles. The van der Waals surface area contributed by atoms with Crippen LogP contribution in [-0.2, 0) is 4.74 Å². The van der Waals surface area contributed by atoms with Crippen LogP contribution in [-0.4, -0.2) is 29.7 Å². The van der Waals surface area contributed by atoms with Gasteiger partial charge in [0.05, 0.1) is 17.6 Å². The zero-order chi connectivity index (χ0) is 13.9. The summed E-state index contributed by atoms with van der Waals surface area (Å²) in [5.41, 5.74) is 2.70. The topological polar surface area (TPSA) is 69.9 Å². The van der Waals surface area contributed by atoms with E-state index in [0.29, 0.717) is 0 Å². The molecule has 0 bridgehead atoms. The van der Waals surface area contributed by atoms with Crippen molar-refractivity contribution >= 4 is 11.0 Å². The molecule has 1 heterocycles. The van der Waals surface area contributed by atoms with Crippen molar-refractivity contribution in [3.8, 4) is 0 Å². The van der Waals surface area contributed by atoms with Gasteiger partial charge in [0, 0.05) is 19.2 Å². The number of hydrogen-bond donors (Lipinski definition) is 3. The summed E-state index contributed by atoms with van der Waals surface area (Å²) in [7, 11) is 0. The molecular formula is C15H21N3O2. The highest BCUT2D eigenvalue weighted by atomic mass is 16.5. The molecule has 0 aliphatic heterocycles. The average molecular weight is 275 g/mol. The molecule has 3 N–H and O–H groups in total. The number of benzene rings is 1. The minimum absolute atomic E-state index is 0.161. The summed E-state index contributed by atoms with van der Waals surface area (Å²) >= 11 is 0. The lowest BCUT2D eigenvalue weighted by Gasteiger charge is -2.14. The number of fused-ring (bicyclic) bond motifs is 1. The van der Waals surface area contributed by atoms with E-state index >= 15 is 0 Å². The van der Waals surface area contributed by atoms with Crippen LogP contribution in [0.3, 0.4) is 0 Å². The van der Waals surface area contributed by atoms with Gasteiger partial charge in [-0.25, -0.2) is 4.79 Å². The van der Waals surface area contributed by atoms with E-state index in [9.17, 15) is 4.79 Å². The molecule has 108 valence electrons. The molecule has 20 heavy (non-hydrogen) atoms. The van der Waals surface area contributed by atoms with E-state index in [1.165, 1.54) is 12.8 Å². The van der Waals surface area contributed by atoms with Gasteiger partial charge in [0.2, 0.25) is 0 Å². The zero-order valence-electron chi connectivity index (χ0n) is 11.7. The number of imidazole rings is 1. The van der Waals surface area contributed by atoms with Crippen LogP contribution in [0.5, 0.6) is 0 Å². The van der Waals surface area contributed by atoms with E-state index in [4.69, 9.17) is 4.74 Å². The number of ether oxygens (including phenoxy) is 1. The Morgan fingerprint density at radius 1 is 1.35 bits per heavy atom. The number of aromatic amines is 2. The Hall–Kier alpha value is -1.59. The smallest absolute Gasteiger partial charge is 0.323 e. The molecule has 1 unspecified atom stereocenters. The molecule has 1 atom stereocenters. The molecule has 0 spiro atoms. The van der Waals surface area contributed by atoms with Gasteiger partial charge in [-0.05, 0) is 43.4 Å². The number of rotatable bonds is 7. The van der Waals surface area contributed by atoms with Crippen LogP contribution >= 0.6 is 0 Å². The monoisotopic (exact) mass is 275 g/mol. The van der Waals surface area contributed by atoms with Crippen LogP contribution in [0.2, 0.25) is 0 Å². The maximum absolute atomic E-state index is 11.2. The van der Waals surface area contributed by atoms with Gasteiger partial charge >= 0.3 is 5.69 Å². The molecule has 2 aromatic rings. The SMILES string of the molecule is CC(NCCOCC1CC1)c1ccc2[nH]c(=O)[nH]c2c1. The van der Waals surface area contributed by atoms with Crippen LogP contribution in [0.15, 0.2) is 23.0 Å².